The Hall–Kier alpha value is -0.900. The van der Waals surface area contributed by atoms with E-state index in [0.717, 1.165) is 18.5 Å². The van der Waals surface area contributed by atoms with Crippen LogP contribution < -0.4 is 5.73 Å². The Morgan fingerprint density at radius 2 is 2.43 bits per heavy atom. The van der Waals surface area contributed by atoms with E-state index in [1.165, 1.54) is 0 Å². The highest BCUT2D eigenvalue weighted by atomic mass is 19.1. The van der Waals surface area contributed by atoms with Crippen LogP contribution in [0.1, 0.15) is 18.5 Å². The topological polar surface area (TPSA) is 43.8 Å². The van der Waals surface area contributed by atoms with E-state index in [9.17, 15) is 4.39 Å². The number of hydrogen-bond acceptors (Lipinski definition) is 2. The molecule has 1 unspecified atom stereocenters. The Kier molecular flexibility index (Phi) is 2.31. The largest absolute Gasteiger partial charge is 0.328 e. The zero-order chi connectivity index (χ0) is 10.2. The quantitative estimate of drug-likeness (QED) is 0.783. The number of rotatable bonds is 4. The molecule has 2 rings (SSSR count). The molecule has 14 heavy (non-hydrogen) atoms. The molecule has 4 heteroatoms. The lowest BCUT2D eigenvalue weighted by Gasteiger charge is -2.21. The van der Waals surface area contributed by atoms with Crippen LogP contribution in [-0.2, 0) is 13.5 Å². The first-order valence-electron chi connectivity index (χ1n) is 5.01. The second-order valence-corrected chi connectivity index (χ2v) is 4.17. The third-order valence-electron chi connectivity index (χ3n) is 2.89. The van der Waals surface area contributed by atoms with Gasteiger partial charge in [-0.1, -0.05) is 0 Å². The first kappa shape index (κ1) is 9.65. The van der Waals surface area contributed by atoms with Crippen molar-refractivity contribution in [2.24, 2.45) is 18.7 Å². The molecule has 1 aromatic heterocycles. The van der Waals surface area contributed by atoms with Crippen LogP contribution in [0.4, 0.5) is 4.39 Å². The van der Waals surface area contributed by atoms with Gasteiger partial charge in [0.05, 0.1) is 5.69 Å². The molecule has 2 N–H and O–H groups in total. The lowest BCUT2D eigenvalue weighted by Crippen LogP contribution is -2.37. The van der Waals surface area contributed by atoms with Gasteiger partial charge in [-0.15, -0.1) is 0 Å². The molecule has 1 saturated carbocycles. The van der Waals surface area contributed by atoms with E-state index in [1.807, 2.05) is 19.3 Å². The Bertz CT molecular complexity index is 319. The molecule has 0 radical (unpaired) electrons. The molecule has 1 aromatic rings. The molecule has 0 bridgehead atoms. The molecule has 1 atom stereocenters. The summed E-state index contributed by atoms with van der Waals surface area (Å²) in [6, 6.07) is 1.85. The third-order valence-corrected chi connectivity index (χ3v) is 2.89. The molecule has 1 aliphatic rings. The molecule has 1 fully saturated rings. The van der Waals surface area contributed by atoms with Crippen molar-refractivity contribution in [1.82, 2.24) is 9.78 Å². The predicted octanol–water partition coefficient (Wildman–Crippen LogP) is 1.04. The van der Waals surface area contributed by atoms with Crippen molar-refractivity contribution >= 4 is 0 Å². The highest BCUT2D eigenvalue weighted by molar-refractivity contribution is 5.08. The fraction of sp³-hybridized carbons (Fsp3) is 0.700. The summed E-state index contributed by atoms with van der Waals surface area (Å²) in [5.74, 6) is 0.162. The Morgan fingerprint density at radius 1 is 1.71 bits per heavy atom. The summed E-state index contributed by atoms with van der Waals surface area (Å²) in [6.45, 7) is 0.105. The number of alkyl halides is 1. The Balaban J connectivity index is 2.07. The minimum Gasteiger partial charge on any atom is -0.328 e. The zero-order valence-corrected chi connectivity index (χ0v) is 8.41. The summed E-state index contributed by atoms with van der Waals surface area (Å²) in [4.78, 5) is 0. The molecule has 0 aromatic carbocycles. The van der Waals surface area contributed by atoms with Gasteiger partial charge in [0.15, 0.2) is 0 Å². The predicted molar refractivity (Wildman–Crippen MR) is 52.5 cm³/mol. The molecular formula is C10H16FN3. The maximum atomic E-state index is 14.2. The van der Waals surface area contributed by atoms with Crippen molar-refractivity contribution in [3.63, 3.8) is 0 Å². The van der Waals surface area contributed by atoms with Gasteiger partial charge in [-0.05, 0) is 24.8 Å². The third kappa shape index (κ3) is 1.80. The maximum absolute atomic E-state index is 14.2. The summed E-state index contributed by atoms with van der Waals surface area (Å²) in [6.07, 6.45) is 4.13. The van der Waals surface area contributed by atoms with Crippen LogP contribution in [0.3, 0.4) is 0 Å². The minimum atomic E-state index is -1.23. The standard InChI is InChI=1S/C10H16FN3/c1-14-5-4-9(13-14)6-10(11,7-12)8-2-3-8/h4-5,8H,2-3,6-7,12H2,1H3. The SMILES string of the molecule is Cn1ccc(CC(F)(CN)C2CC2)n1. The van der Waals surface area contributed by atoms with E-state index < -0.39 is 5.67 Å². The Morgan fingerprint density at radius 3 is 2.86 bits per heavy atom. The van der Waals surface area contributed by atoms with Crippen LogP contribution in [0.25, 0.3) is 0 Å². The van der Waals surface area contributed by atoms with Crippen molar-refractivity contribution in [1.29, 1.82) is 0 Å². The summed E-state index contributed by atoms with van der Waals surface area (Å²) in [5.41, 5.74) is 5.06. The van der Waals surface area contributed by atoms with E-state index >= 15 is 0 Å². The highest BCUT2D eigenvalue weighted by Crippen LogP contribution is 2.43. The molecule has 0 amide bonds. The summed E-state index contributed by atoms with van der Waals surface area (Å²) in [5, 5.41) is 4.17. The average Bonchev–Trinajstić information content (AvgIpc) is 2.93. The lowest BCUT2D eigenvalue weighted by molar-refractivity contribution is 0.141. The first-order valence-corrected chi connectivity index (χ1v) is 5.01. The fourth-order valence-electron chi connectivity index (χ4n) is 1.84. The van der Waals surface area contributed by atoms with Gasteiger partial charge in [0.2, 0.25) is 0 Å². The average molecular weight is 197 g/mol. The molecular weight excluding hydrogens is 181 g/mol. The smallest absolute Gasteiger partial charge is 0.131 e. The second kappa shape index (κ2) is 3.35. The van der Waals surface area contributed by atoms with E-state index in [4.69, 9.17) is 5.73 Å². The van der Waals surface area contributed by atoms with Crippen LogP contribution in [0, 0.1) is 5.92 Å². The van der Waals surface area contributed by atoms with E-state index in [-0.39, 0.29) is 12.5 Å². The van der Waals surface area contributed by atoms with Crippen molar-refractivity contribution in [3.05, 3.63) is 18.0 Å². The van der Waals surface area contributed by atoms with Crippen LogP contribution in [0.2, 0.25) is 0 Å². The van der Waals surface area contributed by atoms with E-state index in [0.29, 0.717) is 6.42 Å². The van der Waals surface area contributed by atoms with Crippen LogP contribution in [0.15, 0.2) is 12.3 Å². The maximum Gasteiger partial charge on any atom is 0.131 e. The molecule has 0 saturated heterocycles. The van der Waals surface area contributed by atoms with Gasteiger partial charge < -0.3 is 5.73 Å². The first-order chi connectivity index (χ1) is 6.64. The number of nitrogens with two attached hydrogens (primary N) is 1. The molecule has 0 aliphatic heterocycles. The molecule has 78 valence electrons. The normalized spacial score (nSPS) is 20.8. The van der Waals surface area contributed by atoms with Crippen molar-refractivity contribution in [2.45, 2.75) is 24.9 Å². The van der Waals surface area contributed by atoms with E-state index in [1.54, 1.807) is 4.68 Å². The monoisotopic (exact) mass is 197 g/mol. The van der Waals surface area contributed by atoms with Gasteiger partial charge in [-0.25, -0.2) is 4.39 Å². The van der Waals surface area contributed by atoms with Gasteiger partial charge in [0.25, 0.3) is 0 Å². The minimum absolute atomic E-state index is 0.105. The van der Waals surface area contributed by atoms with Crippen LogP contribution in [-0.4, -0.2) is 22.0 Å². The Labute approximate surface area is 83.1 Å². The van der Waals surface area contributed by atoms with Crippen molar-refractivity contribution in [2.75, 3.05) is 6.54 Å². The lowest BCUT2D eigenvalue weighted by atomic mass is 9.94. The van der Waals surface area contributed by atoms with Gasteiger partial charge in [-0.2, -0.15) is 5.10 Å². The summed E-state index contributed by atoms with van der Waals surface area (Å²) in [7, 11) is 1.84. The molecule has 1 heterocycles. The number of halogens is 1. The number of aromatic nitrogens is 2. The van der Waals surface area contributed by atoms with Gasteiger partial charge in [-0.3, -0.25) is 4.68 Å². The number of nitrogens with zero attached hydrogens (tertiary/aromatic N) is 2. The fourth-order valence-corrected chi connectivity index (χ4v) is 1.84. The summed E-state index contributed by atoms with van der Waals surface area (Å²) >= 11 is 0. The second-order valence-electron chi connectivity index (χ2n) is 4.17. The van der Waals surface area contributed by atoms with Crippen LogP contribution >= 0.6 is 0 Å². The number of aryl methyl sites for hydroxylation is 1. The van der Waals surface area contributed by atoms with Crippen molar-refractivity contribution in [3.8, 4) is 0 Å². The van der Waals surface area contributed by atoms with Crippen molar-refractivity contribution < 1.29 is 4.39 Å². The zero-order valence-electron chi connectivity index (χ0n) is 8.41. The van der Waals surface area contributed by atoms with Crippen LogP contribution in [0.5, 0.6) is 0 Å². The van der Waals surface area contributed by atoms with Gasteiger partial charge >= 0.3 is 0 Å². The molecule has 1 aliphatic carbocycles. The highest BCUT2D eigenvalue weighted by Gasteiger charge is 2.45. The molecule has 0 spiro atoms. The number of hydrogen-bond donors (Lipinski definition) is 1. The summed E-state index contributed by atoms with van der Waals surface area (Å²) < 4.78 is 15.9. The van der Waals surface area contributed by atoms with Gasteiger partial charge in [0, 0.05) is 26.2 Å². The molecule has 3 nitrogen and oxygen atoms in total. The van der Waals surface area contributed by atoms with Gasteiger partial charge in [0.1, 0.15) is 5.67 Å². The van der Waals surface area contributed by atoms with E-state index in [2.05, 4.69) is 5.10 Å².